The van der Waals surface area contributed by atoms with E-state index in [9.17, 15) is 4.39 Å². The number of ether oxygens (including phenoxy) is 1. The highest BCUT2D eigenvalue weighted by Crippen LogP contribution is 2.38. The Balaban J connectivity index is 2.05. The van der Waals surface area contributed by atoms with Crippen LogP contribution < -0.4 is 4.74 Å². The van der Waals surface area contributed by atoms with Gasteiger partial charge in [-0.05, 0) is 39.1 Å². The molecule has 3 nitrogen and oxygen atoms in total. The van der Waals surface area contributed by atoms with Crippen molar-refractivity contribution in [3.63, 3.8) is 0 Å². The van der Waals surface area contributed by atoms with Gasteiger partial charge in [-0.25, -0.2) is 4.39 Å². The molecule has 0 aliphatic heterocycles. The van der Waals surface area contributed by atoms with Gasteiger partial charge >= 0.3 is 0 Å². The first kappa shape index (κ1) is 12.5. The van der Waals surface area contributed by atoms with E-state index in [1.165, 1.54) is 20.0 Å². The van der Waals surface area contributed by atoms with Gasteiger partial charge in [0.2, 0.25) is 0 Å². The molecule has 4 heteroatoms. The van der Waals surface area contributed by atoms with Crippen LogP contribution in [-0.4, -0.2) is 36.7 Å². The van der Waals surface area contributed by atoms with Gasteiger partial charge in [0, 0.05) is 29.7 Å². The molecule has 0 amide bonds. The average Bonchev–Trinajstić information content (AvgIpc) is 2.69. The van der Waals surface area contributed by atoms with Crippen LogP contribution >= 0.6 is 0 Å². The number of aromatic nitrogens is 1. The van der Waals surface area contributed by atoms with E-state index in [-0.39, 0.29) is 5.82 Å². The van der Waals surface area contributed by atoms with Crippen LogP contribution in [0.4, 0.5) is 4.39 Å². The summed E-state index contributed by atoms with van der Waals surface area (Å²) in [5, 5.41) is 0.933. The smallest absolute Gasteiger partial charge is 0.165 e. The summed E-state index contributed by atoms with van der Waals surface area (Å²) < 4.78 is 21.0. The molecule has 1 aliphatic carbocycles. The molecule has 0 N–H and O–H groups in total. The van der Waals surface area contributed by atoms with Crippen molar-refractivity contribution in [3.8, 4) is 5.75 Å². The maximum absolute atomic E-state index is 13.7. The lowest BCUT2D eigenvalue weighted by molar-refractivity contribution is 0.116. The number of hydrogen-bond acceptors (Lipinski definition) is 2. The minimum Gasteiger partial charge on any atom is -0.494 e. The quantitative estimate of drug-likeness (QED) is 0.846. The highest BCUT2D eigenvalue weighted by atomic mass is 19.1. The van der Waals surface area contributed by atoms with Gasteiger partial charge in [-0.2, -0.15) is 0 Å². The van der Waals surface area contributed by atoms with E-state index in [1.54, 1.807) is 12.1 Å². The number of nitrogens with zero attached hydrogens (tertiary/aromatic N) is 2. The first-order valence-corrected chi connectivity index (χ1v) is 6.62. The molecule has 0 saturated heterocycles. The monoisotopic (exact) mass is 262 g/mol. The Morgan fingerprint density at radius 1 is 1.32 bits per heavy atom. The molecule has 2 unspecified atom stereocenters. The van der Waals surface area contributed by atoms with Crippen LogP contribution in [0, 0.1) is 5.82 Å². The van der Waals surface area contributed by atoms with Gasteiger partial charge < -0.3 is 14.2 Å². The van der Waals surface area contributed by atoms with Gasteiger partial charge in [0.1, 0.15) is 0 Å². The molecule has 102 valence electrons. The molecule has 1 aliphatic rings. The van der Waals surface area contributed by atoms with E-state index < -0.39 is 0 Å². The second-order valence-corrected chi connectivity index (χ2v) is 5.44. The number of likely N-dealkylation sites (N-methyl/N-ethyl adjacent to an activating group) is 1. The SMILES string of the molecule is COc1cc2c(ccn2C2CCC2N(C)C)cc1F. The molecule has 2 atom stereocenters. The fraction of sp³-hybridized carbons (Fsp3) is 0.467. The van der Waals surface area contributed by atoms with Crippen molar-refractivity contribution >= 4 is 10.9 Å². The molecule has 19 heavy (non-hydrogen) atoms. The predicted molar refractivity (Wildman–Crippen MR) is 74.2 cm³/mol. The van der Waals surface area contributed by atoms with E-state index in [1.807, 2.05) is 6.07 Å². The zero-order chi connectivity index (χ0) is 13.6. The van der Waals surface area contributed by atoms with Gasteiger partial charge in [-0.3, -0.25) is 0 Å². The third-order valence-electron chi connectivity index (χ3n) is 4.22. The summed E-state index contributed by atoms with van der Waals surface area (Å²) in [7, 11) is 5.73. The number of benzene rings is 1. The summed E-state index contributed by atoms with van der Waals surface area (Å²) in [5.41, 5.74) is 1.05. The molecule has 1 saturated carbocycles. The van der Waals surface area contributed by atoms with Crippen LogP contribution in [0.3, 0.4) is 0 Å². The van der Waals surface area contributed by atoms with Crippen LogP contribution in [0.15, 0.2) is 24.4 Å². The Morgan fingerprint density at radius 3 is 2.68 bits per heavy atom. The Bertz CT molecular complexity index is 605. The van der Waals surface area contributed by atoms with Crippen LogP contribution in [0.5, 0.6) is 5.75 Å². The fourth-order valence-corrected chi connectivity index (χ4v) is 2.99. The number of rotatable bonds is 3. The van der Waals surface area contributed by atoms with Crippen molar-refractivity contribution in [2.75, 3.05) is 21.2 Å². The van der Waals surface area contributed by atoms with Crippen molar-refractivity contribution in [2.24, 2.45) is 0 Å². The lowest BCUT2D eigenvalue weighted by Crippen LogP contribution is -2.43. The van der Waals surface area contributed by atoms with Gasteiger partial charge in [-0.1, -0.05) is 0 Å². The molecular weight excluding hydrogens is 243 g/mol. The summed E-state index contributed by atoms with van der Waals surface area (Å²) in [6, 6.07) is 6.36. The van der Waals surface area contributed by atoms with Crippen molar-refractivity contribution in [1.82, 2.24) is 9.47 Å². The van der Waals surface area contributed by atoms with Crippen molar-refractivity contribution in [3.05, 3.63) is 30.2 Å². The summed E-state index contributed by atoms with van der Waals surface area (Å²) >= 11 is 0. The number of halogens is 1. The van der Waals surface area contributed by atoms with Crippen LogP contribution in [0.2, 0.25) is 0 Å². The highest BCUT2D eigenvalue weighted by Gasteiger charge is 2.34. The van der Waals surface area contributed by atoms with Gasteiger partial charge in [-0.15, -0.1) is 0 Å². The second-order valence-electron chi connectivity index (χ2n) is 5.44. The fourth-order valence-electron chi connectivity index (χ4n) is 2.99. The molecule has 0 spiro atoms. The summed E-state index contributed by atoms with van der Waals surface area (Å²) in [4.78, 5) is 2.26. The van der Waals surface area contributed by atoms with E-state index in [4.69, 9.17) is 4.74 Å². The minimum atomic E-state index is -0.300. The molecule has 1 aromatic heterocycles. The summed E-state index contributed by atoms with van der Waals surface area (Å²) in [6.45, 7) is 0. The third kappa shape index (κ3) is 1.91. The highest BCUT2D eigenvalue weighted by molar-refractivity contribution is 5.82. The van der Waals surface area contributed by atoms with E-state index in [0.29, 0.717) is 17.8 Å². The molecule has 1 fully saturated rings. The largest absolute Gasteiger partial charge is 0.494 e. The van der Waals surface area contributed by atoms with Crippen molar-refractivity contribution in [1.29, 1.82) is 0 Å². The molecule has 1 heterocycles. The Morgan fingerprint density at radius 2 is 2.11 bits per heavy atom. The first-order valence-electron chi connectivity index (χ1n) is 6.62. The number of hydrogen-bond donors (Lipinski definition) is 0. The maximum Gasteiger partial charge on any atom is 0.165 e. The summed E-state index contributed by atoms with van der Waals surface area (Å²) in [6.07, 6.45) is 4.45. The zero-order valence-corrected chi connectivity index (χ0v) is 11.6. The molecule has 1 aromatic carbocycles. The lowest BCUT2D eigenvalue weighted by atomic mass is 9.85. The molecule has 3 rings (SSSR count). The van der Waals surface area contributed by atoms with Gasteiger partial charge in [0.05, 0.1) is 12.6 Å². The number of methoxy groups -OCH3 is 1. The third-order valence-corrected chi connectivity index (χ3v) is 4.22. The topological polar surface area (TPSA) is 17.4 Å². The molecule has 2 aromatic rings. The van der Waals surface area contributed by atoms with E-state index in [0.717, 1.165) is 10.9 Å². The average molecular weight is 262 g/mol. The predicted octanol–water partition coefficient (Wildman–Crippen LogP) is 3.05. The normalized spacial score (nSPS) is 22.8. The standard InChI is InChI=1S/C15H19FN2O/c1-17(2)12-4-5-13(12)18-7-6-10-8-11(16)15(19-3)9-14(10)18/h6-9,12-13H,4-5H2,1-3H3. The van der Waals surface area contributed by atoms with E-state index in [2.05, 4.69) is 29.8 Å². The Kier molecular flexibility index (Phi) is 2.97. The first-order chi connectivity index (χ1) is 9.11. The maximum atomic E-state index is 13.7. The van der Waals surface area contributed by atoms with Crippen molar-refractivity contribution in [2.45, 2.75) is 24.9 Å². The Hall–Kier alpha value is -1.55. The Labute approximate surface area is 112 Å². The lowest BCUT2D eigenvalue weighted by Gasteiger charge is -2.42. The van der Waals surface area contributed by atoms with Gasteiger partial charge in [0.25, 0.3) is 0 Å². The molecular formula is C15H19FN2O. The van der Waals surface area contributed by atoms with Crippen LogP contribution in [0.1, 0.15) is 18.9 Å². The van der Waals surface area contributed by atoms with Gasteiger partial charge in [0.15, 0.2) is 11.6 Å². The van der Waals surface area contributed by atoms with E-state index >= 15 is 0 Å². The number of fused-ring (bicyclic) bond motifs is 1. The molecule has 0 bridgehead atoms. The van der Waals surface area contributed by atoms with Crippen LogP contribution in [0.25, 0.3) is 10.9 Å². The second kappa shape index (κ2) is 4.53. The van der Waals surface area contributed by atoms with Crippen molar-refractivity contribution < 1.29 is 9.13 Å². The van der Waals surface area contributed by atoms with Crippen LogP contribution in [-0.2, 0) is 0 Å². The zero-order valence-electron chi connectivity index (χ0n) is 11.6. The minimum absolute atomic E-state index is 0.300. The molecule has 0 radical (unpaired) electrons. The summed E-state index contributed by atoms with van der Waals surface area (Å²) in [5.74, 6) is 0.0127.